The monoisotopic (exact) mass is 299 g/mol. The standard InChI is InChI=1S/C17H18FN3O/c18-15-6-4-13(5-7-15)14-3-1-2-10-21(12-14)17(22)16-11-19-8-9-20-16/h4-9,11,14H,1-3,10,12H2/t14-/m0/s1. The molecule has 1 aliphatic heterocycles. The summed E-state index contributed by atoms with van der Waals surface area (Å²) in [5.74, 6) is -0.0734. The average Bonchev–Trinajstić information content (AvgIpc) is 2.82. The topological polar surface area (TPSA) is 46.1 Å². The minimum Gasteiger partial charge on any atom is -0.337 e. The molecular weight excluding hydrogens is 281 g/mol. The number of nitrogens with zero attached hydrogens (tertiary/aromatic N) is 3. The van der Waals surface area contributed by atoms with Gasteiger partial charge in [-0.15, -0.1) is 0 Å². The molecule has 22 heavy (non-hydrogen) atoms. The summed E-state index contributed by atoms with van der Waals surface area (Å²) in [6.07, 6.45) is 7.63. The average molecular weight is 299 g/mol. The molecule has 1 aromatic heterocycles. The van der Waals surface area contributed by atoms with Crippen LogP contribution in [0.2, 0.25) is 0 Å². The first-order chi connectivity index (χ1) is 10.7. The molecule has 0 aliphatic carbocycles. The van der Waals surface area contributed by atoms with Crippen molar-refractivity contribution in [2.45, 2.75) is 25.2 Å². The van der Waals surface area contributed by atoms with E-state index in [9.17, 15) is 9.18 Å². The van der Waals surface area contributed by atoms with Crippen molar-refractivity contribution in [1.29, 1.82) is 0 Å². The van der Waals surface area contributed by atoms with E-state index in [4.69, 9.17) is 0 Å². The van der Waals surface area contributed by atoms with Gasteiger partial charge in [0.05, 0.1) is 6.20 Å². The minimum absolute atomic E-state index is 0.0814. The van der Waals surface area contributed by atoms with Crippen LogP contribution in [0.3, 0.4) is 0 Å². The van der Waals surface area contributed by atoms with Crippen LogP contribution in [0.5, 0.6) is 0 Å². The predicted molar refractivity (Wildman–Crippen MR) is 80.9 cm³/mol. The fourth-order valence-corrected chi connectivity index (χ4v) is 2.91. The highest BCUT2D eigenvalue weighted by Gasteiger charge is 2.24. The Balaban J connectivity index is 1.78. The lowest BCUT2D eigenvalue weighted by Gasteiger charge is -2.24. The maximum atomic E-state index is 13.1. The molecule has 3 rings (SSSR count). The van der Waals surface area contributed by atoms with E-state index < -0.39 is 0 Å². The lowest BCUT2D eigenvalue weighted by Crippen LogP contribution is -2.34. The molecule has 2 aromatic rings. The molecule has 1 saturated heterocycles. The first kappa shape index (κ1) is 14.6. The molecule has 1 amide bonds. The lowest BCUT2D eigenvalue weighted by molar-refractivity contribution is 0.0748. The van der Waals surface area contributed by atoms with E-state index >= 15 is 0 Å². The smallest absolute Gasteiger partial charge is 0.274 e. The molecule has 0 unspecified atom stereocenters. The van der Waals surface area contributed by atoms with Crippen LogP contribution >= 0.6 is 0 Å². The Morgan fingerprint density at radius 1 is 1.18 bits per heavy atom. The normalized spacial score (nSPS) is 18.8. The zero-order chi connectivity index (χ0) is 15.4. The predicted octanol–water partition coefficient (Wildman–Crippen LogP) is 3.03. The van der Waals surface area contributed by atoms with Crippen molar-refractivity contribution in [3.8, 4) is 0 Å². The Morgan fingerprint density at radius 2 is 2.00 bits per heavy atom. The number of amides is 1. The Hall–Kier alpha value is -2.30. The largest absolute Gasteiger partial charge is 0.337 e. The van der Waals surface area contributed by atoms with E-state index in [-0.39, 0.29) is 17.6 Å². The van der Waals surface area contributed by atoms with Gasteiger partial charge < -0.3 is 4.90 Å². The summed E-state index contributed by atoms with van der Waals surface area (Å²) in [5, 5.41) is 0. The molecule has 1 fully saturated rings. The van der Waals surface area contributed by atoms with E-state index in [2.05, 4.69) is 9.97 Å². The highest BCUT2D eigenvalue weighted by Crippen LogP contribution is 2.27. The van der Waals surface area contributed by atoms with Gasteiger partial charge in [-0.1, -0.05) is 18.6 Å². The summed E-state index contributed by atoms with van der Waals surface area (Å²) >= 11 is 0. The van der Waals surface area contributed by atoms with Gasteiger partial charge in [-0.2, -0.15) is 0 Å². The molecule has 114 valence electrons. The second-order valence-corrected chi connectivity index (χ2v) is 5.59. The molecule has 0 radical (unpaired) electrons. The molecule has 1 aromatic carbocycles. The highest BCUT2D eigenvalue weighted by molar-refractivity contribution is 5.92. The summed E-state index contributed by atoms with van der Waals surface area (Å²) in [7, 11) is 0. The minimum atomic E-state index is -0.232. The quantitative estimate of drug-likeness (QED) is 0.856. The number of benzene rings is 1. The number of rotatable bonds is 2. The fraction of sp³-hybridized carbons (Fsp3) is 0.353. The fourth-order valence-electron chi connectivity index (χ4n) is 2.91. The summed E-state index contributed by atoms with van der Waals surface area (Å²) in [4.78, 5) is 22.4. The lowest BCUT2D eigenvalue weighted by atomic mass is 9.94. The molecule has 0 N–H and O–H groups in total. The first-order valence-corrected chi connectivity index (χ1v) is 7.55. The van der Waals surface area contributed by atoms with E-state index in [1.165, 1.54) is 24.5 Å². The van der Waals surface area contributed by atoms with Gasteiger partial charge in [0.1, 0.15) is 11.5 Å². The first-order valence-electron chi connectivity index (χ1n) is 7.55. The SMILES string of the molecule is O=C(c1cnccn1)N1CCCC[C@H](c2ccc(F)cc2)C1. The van der Waals surface area contributed by atoms with Crippen molar-refractivity contribution in [2.24, 2.45) is 0 Å². The summed E-state index contributed by atoms with van der Waals surface area (Å²) in [5.41, 5.74) is 1.46. The van der Waals surface area contributed by atoms with Crippen molar-refractivity contribution in [3.63, 3.8) is 0 Å². The zero-order valence-corrected chi connectivity index (χ0v) is 12.3. The molecular formula is C17H18FN3O. The second kappa shape index (κ2) is 6.64. The maximum Gasteiger partial charge on any atom is 0.274 e. The van der Waals surface area contributed by atoms with Gasteiger partial charge in [-0.25, -0.2) is 9.37 Å². The number of carbonyl (C=O) groups is 1. The molecule has 1 atom stereocenters. The summed E-state index contributed by atoms with van der Waals surface area (Å²) < 4.78 is 13.1. The van der Waals surface area contributed by atoms with E-state index in [0.717, 1.165) is 31.4 Å². The molecule has 2 heterocycles. The van der Waals surface area contributed by atoms with Gasteiger partial charge in [0, 0.05) is 31.4 Å². The van der Waals surface area contributed by atoms with Crippen molar-refractivity contribution in [2.75, 3.05) is 13.1 Å². The van der Waals surface area contributed by atoms with Crippen LogP contribution in [0.1, 0.15) is 41.2 Å². The van der Waals surface area contributed by atoms with Crippen LogP contribution in [0.4, 0.5) is 4.39 Å². The van der Waals surface area contributed by atoms with Crippen LogP contribution in [0.15, 0.2) is 42.9 Å². The van der Waals surface area contributed by atoms with Crippen molar-refractivity contribution < 1.29 is 9.18 Å². The third-order valence-electron chi connectivity index (χ3n) is 4.08. The van der Waals surface area contributed by atoms with Crippen LogP contribution in [-0.2, 0) is 0 Å². The van der Waals surface area contributed by atoms with Crippen LogP contribution in [0, 0.1) is 5.82 Å². The van der Waals surface area contributed by atoms with Gasteiger partial charge >= 0.3 is 0 Å². The number of halogens is 1. The van der Waals surface area contributed by atoms with Gasteiger partial charge in [0.25, 0.3) is 5.91 Å². The third kappa shape index (κ3) is 3.30. The molecule has 0 saturated carbocycles. The number of carbonyl (C=O) groups excluding carboxylic acids is 1. The molecule has 0 bridgehead atoms. The maximum absolute atomic E-state index is 13.1. The number of hydrogen-bond acceptors (Lipinski definition) is 3. The molecule has 1 aliphatic rings. The van der Waals surface area contributed by atoms with Crippen molar-refractivity contribution >= 4 is 5.91 Å². The Morgan fingerprint density at radius 3 is 2.73 bits per heavy atom. The Bertz CT molecular complexity index is 630. The van der Waals surface area contributed by atoms with Crippen molar-refractivity contribution in [1.82, 2.24) is 14.9 Å². The van der Waals surface area contributed by atoms with Gasteiger partial charge in [0.15, 0.2) is 0 Å². The van der Waals surface area contributed by atoms with Gasteiger partial charge in [0.2, 0.25) is 0 Å². The van der Waals surface area contributed by atoms with Crippen molar-refractivity contribution in [3.05, 3.63) is 59.9 Å². The molecule has 5 heteroatoms. The Kier molecular flexibility index (Phi) is 4.42. The number of aromatic nitrogens is 2. The summed E-state index contributed by atoms with van der Waals surface area (Å²) in [6.45, 7) is 1.37. The summed E-state index contributed by atoms with van der Waals surface area (Å²) in [6, 6.07) is 6.59. The molecule has 0 spiro atoms. The zero-order valence-electron chi connectivity index (χ0n) is 12.3. The van der Waals surface area contributed by atoms with E-state index in [0.29, 0.717) is 12.2 Å². The number of likely N-dealkylation sites (tertiary alicyclic amines) is 1. The second-order valence-electron chi connectivity index (χ2n) is 5.59. The number of hydrogen-bond donors (Lipinski definition) is 0. The molecule has 4 nitrogen and oxygen atoms in total. The van der Waals surface area contributed by atoms with Crippen LogP contribution in [0.25, 0.3) is 0 Å². The van der Waals surface area contributed by atoms with Crippen LogP contribution in [-0.4, -0.2) is 33.9 Å². The Labute approximate surface area is 129 Å². The van der Waals surface area contributed by atoms with Gasteiger partial charge in [-0.3, -0.25) is 9.78 Å². The van der Waals surface area contributed by atoms with Crippen LogP contribution < -0.4 is 0 Å². The van der Waals surface area contributed by atoms with Gasteiger partial charge in [-0.05, 0) is 30.5 Å². The van der Waals surface area contributed by atoms with E-state index in [1.807, 2.05) is 17.0 Å². The highest BCUT2D eigenvalue weighted by atomic mass is 19.1. The van der Waals surface area contributed by atoms with E-state index in [1.54, 1.807) is 6.20 Å². The third-order valence-corrected chi connectivity index (χ3v) is 4.08.